The largest absolute Gasteiger partial charge is 0.491 e. The van der Waals surface area contributed by atoms with Gasteiger partial charge in [0.1, 0.15) is 25.0 Å². The van der Waals surface area contributed by atoms with E-state index in [1.165, 1.54) is 31.2 Å². The second-order valence-corrected chi connectivity index (χ2v) is 5.29. The fourth-order valence-electron chi connectivity index (χ4n) is 2.44. The lowest BCUT2D eigenvalue weighted by molar-refractivity contribution is -0.693. The number of rotatable bonds is 6. The van der Waals surface area contributed by atoms with E-state index in [9.17, 15) is 5.11 Å². The van der Waals surface area contributed by atoms with Gasteiger partial charge >= 0.3 is 0 Å². The lowest BCUT2D eigenvalue weighted by Crippen LogP contribution is -2.91. The summed E-state index contributed by atoms with van der Waals surface area (Å²) in [5, 5.41) is 12.1. The molecule has 0 saturated heterocycles. The lowest BCUT2D eigenvalue weighted by Gasteiger charge is -2.14. The van der Waals surface area contributed by atoms with Crippen LogP contribution in [0.1, 0.15) is 31.2 Å². The van der Waals surface area contributed by atoms with E-state index in [0.29, 0.717) is 6.61 Å². The van der Waals surface area contributed by atoms with Gasteiger partial charge in [0.25, 0.3) is 0 Å². The third kappa shape index (κ3) is 4.31. The Morgan fingerprint density at radius 1 is 1.28 bits per heavy atom. The number of hydrogen-bond acceptors (Lipinski definition) is 2. The molecule has 0 radical (unpaired) electrons. The zero-order valence-electron chi connectivity index (χ0n) is 11.1. The number of nitrogens with two attached hydrogens (primary N) is 1. The van der Waals surface area contributed by atoms with Crippen LogP contribution < -0.4 is 10.1 Å². The summed E-state index contributed by atoms with van der Waals surface area (Å²) in [6.07, 6.45) is 4.90. The molecular weight excluding hydrogens is 226 g/mol. The van der Waals surface area contributed by atoms with E-state index in [1.54, 1.807) is 0 Å². The second kappa shape index (κ2) is 6.76. The van der Waals surface area contributed by atoms with Crippen LogP contribution in [0.2, 0.25) is 0 Å². The number of hydrogen-bond donors (Lipinski definition) is 2. The van der Waals surface area contributed by atoms with E-state index in [2.05, 4.69) is 12.2 Å². The normalized spacial score (nSPS) is 17.9. The number of benzene rings is 1. The van der Waals surface area contributed by atoms with E-state index in [0.717, 1.165) is 18.3 Å². The standard InChI is InChI=1S/C15H23NO2/c1-12-6-8-15(9-7-12)18-11-14(17)10-16-13-4-2-3-5-13/h6-9,13-14,16-17H,2-5,10-11H2,1H3/p+1/t14-/m0/s1. The van der Waals surface area contributed by atoms with E-state index in [1.807, 2.05) is 24.3 Å². The molecule has 0 aliphatic heterocycles. The summed E-state index contributed by atoms with van der Waals surface area (Å²) in [5.41, 5.74) is 1.22. The molecule has 0 unspecified atom stereocenters. The molecule has 1 saturated carbocycles. The van der Waals surface area contributed by atoms with Gasteiger partial charge in [-0.3, -0.25) is 0 Å². The number of ether oxygens (including phenoxy) is 1. The number of aliphatic hydroxyl groups is 1. The van der Waals surface area contributed by atoms with Gasteiger partial charge in [-0.15, -0.1) is 0 Å². The van der Waals surface area contributed by atoms with Gasteiger partial charge in [-0.1, -0.05) is 17.7 Å². The molecule has 1 aliphatic rings. The molecule has 1 aliphatic carbocycles. The van der Waals surface area contributed by atoms with Crippen LogP contribution in [0.25, 0.3) is 0 Å². The first kappa shape index (κ1) is 13.4. The Kier molecular flexibility index (Phi) is 5.02. The highest BCUT2D eigenvalue weighted by Gasteiger charge is 2.19. The smallest absolute Gasteiger partial charge is 0.137 e. The summed E-state index contributed by atoms with van der Waals surface area (Å²) < 4.78 is 5.57. The molecule has 1 atom stereocenters. The van der Waals surface area contributed by atoms with E-state index >= 15 is 0 Å². The van der Waals surface area contributed by atoms with Gasteiger partial charge in [-0.25, -0.2) is 0 Å². The van der Waals surface area contributed by atoms with Crippen LogP contribution >= 0.6 is 0 Å². The Bertz CT molecular complexity index is 344. The van der Waals surface area contributed by atoms with Crippen LogP contribution in [0.3, 0.4) is 0 Å². The number of aliphatic hydroxyl groups excluding tert-OH is 1. The van der Waals surface area contributed by atoms with Crippen molar-refractivity contribution < 1.29 is 15.2 Å². The first-order valence-corrected chi connectivity index (χ1v) is 6.95. The molecule has 0 aromatic heterocycles. The second-order valence-electron chi connectivity index (χ2n) is 5.29. The highest BCUT2D eigenvalue weighted by molar-refractivity contribution is 5.26. The average molecular weight is 250 g/mol. The molecule has 0 amide bonds. The van der Waals surface area contributed by atoms with Crippen molar-refractivity contribution in [3.05, 3.63) is 29.8 Å². The Morgan fingerprint density at radius 2 is 1.94 bits per heavy atom. The Balaban J connectivity index is 1.64. The molecule has 1 fully saturated rings. The molecule has 3 N–H and O–H groups in total. The van der Waals surface area contributed by atoms with Crippen LogP contribution in [-0.4, -0.2) is 30.4 Å². The maximum Gasteiger partial charge on any atom is 0.137 e. The maximum absolute atomic E-state index is 9.87. The molecule has 1 aromatic carbocycles. The molecule has 2 rings (SSSR count). The monoisotopic (exact) mass is 250 g/mol. The van der Waals surface area contributed by atoms with Gasteiger partial charge in [0.15, 0.2) is 0 Å². The summed E-state index contributed by atoms with van der Waals surface area (Å²) in [4.78, 5) is 0. The maximum atomic E-state index is 9.87. The van der Waals surface area contributed by atoms with Gasteiger partial charge in [-0.2, -0.15) is 0 Å². The van der Waals surface area contributed by atoms with E-state index in [-0.39, 0.29) is 6.10 Å². The van der Waals surface area contributed by atoms with Crippen molar-refractivity contribution in [1.82, 2.24) is 0 Å². The minimum absolute atomic E-state index is 0.381. The SMILES string of the molecule is Cc1ccc(OC[C@@H](O)C[NH2+]C2CCCC2)cc1. The minimum atomic E-state index is -0.382. The van der Waals surface area contributed by atoms with Gasteiger partial charge in [0, 0.05) is 0 Å². The lowest BCUT2D eigenvalue weighted by atomic mass is 10.2. The third-order valence-electron chi connectivity index (χ3n) is 3.60. The Hall–Kier alpha value is -1.06. The van der Waals surface area contributed by atoms with Crippen molar-refractivity contribution in [2.24, 2.45) is 0 Å². The fourth-order valence-corrected chi connectivity index (χ4v) is 2.44. The Morgan fingerprint density at radius 3 is 2.61 bits per heavy atom. The van der Waals surface area contributed by atoms with Crippen LogP contribution in [-0.2, 0) is 0 Å². The zero-order chi connectivity index (χ0) is 12.8. The molecule has 1 aromatic rings. The first-order valence-electron chi connectivity index (χ1n) is 6.95. The van der Waals surface area contributed by atoms with Crippen molar-refractivity contribution in [1.29, 1.82) is 0 Å². The zero-order valence-corrected chi connectivity index (χ0v) is 11.1. The quantitative estimate of drug-likeness (QED) is 0.798. The minimum Gasteiger partial charge on any atom is -0.491 e. The predicted octanol–water partition coefficient (Wildman–Crippen LogP) is 1.24. The molecule has 0 heterocycles. The summed E-state index contributed by atoms with van der Waals surface area (Å²) in [5.74, 6) is 0.834. The van der Waals surface area contributed by atoms with Crippen molar-refractivity contribution in [3.63, 3.8) is 0 Å². The van der Waals surface area contributed by atoms with Crippen molar-refractivity contribution in [2.75, 3.05) is 13.2 Å². The van der Waals surface area contributed by atoms with Crippen LogP contribution in [0.4, 0.5) is 0 Å². The first-order chi connectivity index (χ1) is 8.74. The Labute approximate surface area is 109 Å². The summed E-state index contributed by atoms with van der Waals surface area (Å²) in [6, 6.07) is 8.66. The van der Waals surface area contributed by atoms with E-state index in [4.69, 9.17) is 4.74 Å². The van der Waals surface area contributed by atoms with Crippen LogP contribution in [0.5, 0.6) is 5.75 Å². The molecule has 100 valence electrons. The third-order valence-corrected chi connectivity index (χ3v) is 3.60. The summed E-state index contributed by atoms with van der Waals surface area (Å²) in [6.45, 7) is 3.18. The van der Waals surface area contributed by atoms with Crippen molar-refractivity contribution in [2.45, 2.75) is 44.8 Å². The van der Waals surface area contributed by atoms with E-state index < -0.39 is 0 Å². The molecular formula is C15H24NO2+. The molecule has 0 spiro atoms. The summed E-state index contributed by atoms with van der Waals surface area (Å²) in [7, 11) is 0. The van der Waals surface area contributed by atoms with Crippen LogP contribution in [0, 0.1) is 6.92 Å². The molecule has 3 nitrogen and oxygen atoms in total. The average Bonchev–Trinajstić information content (AvgIpc) is 2.89. The fraction of sp³-hybridized carbons (Fsp3) is 0.600. The van der Waals surface area contributed by atoms with Gasteiger partial charge in [-0.05, 0) is 44.7 Å². The highest BCUT2D eigenvalue weighted by atomic mass is 16.5. The topological polar surface area (TPSA) is 46.1 Å². The molecule has 3 heteroatoms. The van der Waals surface area contributed by atoms with Gasteiger partial charge in [0.2, 0.25) is 0 Å². The van der Waals surface area contributed by atoms with Crippen molar-refractivity contribution in [3.8, 4) is 5.75 Å². The number of quaternary nitrogens is 1. The number of aryl methyl sites for hydroxylation is 1. The van der Waals surface area contributed by atoms with Crippen molar-refractivity contribution >= 4 is 0 Å². The molecule has 18 heavy (non-hydrogen) atoms. The molecule has 0 bridgehead atoms. The van der Waals surface area contributed by atoms with Gasteiger partial charge in [0.05, 0.1) is 6.04 Å². The highest BCUT2D eigenvalue weighted by Crippen LogP contribution is 2.14. The van der Waals surface area contributed by atoms with Gasteiger partial charge < -0.3 is 15.2 Å². The predicted molar refractivity (Wildman–Crippen MR) is 71.7 cm³/mol. The summed E-state index contributed by atoms with van der Waals surface area (Å²) >= 11 is 0. The van der Waals surface area contributed by atoms with Crippen LogP contribution in [0.15, 0.2) is 24.3 Å².